The van der Waals surface area contributed by atoms with Gasteiger partial charge in [0.15, 0.2) is 0 Å². The number of nitrogens with zero attached hydrogens (tertiary/aromatic N) is 1. The third-order valence-corrected chi connectivity index (χ3v) is 7.31. The highest BCUT2D eigenvalue weighted by molar-refractivity contribution is 5.82. The highest BCUT2D eigenvalue weighted by Gasteiger charge is 2.30. The van der Waals surface area contributed by atoms with Gasteiger partial charge in [0.05, 0.1) is 5.92 Å². The highest BCUT2D eigenvalue weighted by atomic mass is 16.2. The number of carbonyl (C=O) groups excluding carboxylic acids is 2. The molecule has 0 radical (unpaired) electrons. The minimum Gasteiger partial charge on any atom is -0.352 e. The zero-order chi connectivity index (χ0) is 24.5. The first-order chi connectivity index (χ1) is 17.1. The summed E-state index contributed by atoms with van der Waals surface area (Å²) in [7, 11) is 0. The van der Waals surface area contributed by atoms with Crippen LogP contribution >= 0.6 is 0 Å². The van der Waals surface area contributed by atoms with Gasteiger partial charge in [0.2, 0.25) is 11.8 Å². The van der Waals surface area contributed by atoms with Crippen LogP contribution in [0.25, 0.3) is 0 Å². The number of rotatable bonds is 9. The monoisotopic (exact) mass is 473 g/mol. The summed E-state index contributed by atoms with van der Waals surface area (Å²) >= 11 is 0. The van der Waals surface area contributed by atoms with Crippen molar-refractivity contribution in [3.05, 3.63) is 83.5 Å². The zero-order valence-corrected chi connectivity index (χ0v) is 20.9. The van der Waals surface area contributed by atoms with Gasteiger partial charge in [-0.15, -0.1) is 0 Å². The van der Waals surface area contributed by atoms with E-state index in [-0.39, 0.29) is 23.8 Å². The van der Waals surface area contributed by atoms with E-state index in [2.05, 4.69) is 78.3 Å². The normalized spacial score (nSPS) is 21.1. The highest BCUT2D eigenvalue weighted by Crippen LogP contribution is 2.28. The van der Waals surface area contributed by atoms with E-state index in [1.165, 1.54) is 16.7 Å². The Morgan fingerprint density at radius 1 is 1.14 bits per heavy atom. The number of amides is 2. The zero-order valence-electron chi connectivity index (χ0n) is 20.9. The topological polar surface area (TPSA) is 61.4 Å². The first kappa shape index (κ1) is 25.2. The van der Waals surface area contributed by atoms with E-state index in [0.717, 1.165) is 51.9 Å². The number of carbonyl (C=O) groups is 2. The van der Waals surface area contributed by atoms with E-state index in [0.29, 0.717) is 18.8 Å². The van der Waals surface area contributed by atoms with Crippen molar-refractivity contribution in [1.29, 1.82) is 0 Å². The summed E-state index contributed by atoms with van der Waals surface area (Å²) in [5.74, 6) is 0.757. The fourth-order valence-electron chi connectivity index (χ4n) is 4.98. The van der Waals surface area contributed by atoms with Crippen molar-refractivity contribution in [2.24, 2.45) is 5.92 Å². The Hall–Kier alpha value is -2.92. The number of hydrogen-bond acceptors (Lipinski definition) is 3. The van der Waals surface area contributed by atoms with E-state index in [1.807, 2.05) is 11.0 Å². The quantitative estimate of drug-likeness (QED) is 0.549. The van der Waals surface area contributed by atoms with Gasteiger partial charge < -0.3 is 15.5 Å². The maximum atomic E-state index is 13.2. The van der Waals surface area contributed by atoms with Crippen LogP contribution in [0.3, 0.4) is 0 Å². The molecule has 2 fully saturated rings. The van der Waals surface area contributed by atoms with Gasteiger partial charge in [-0.1, -0.05) is 73.7 Å². The Kier molecular flexibility index (Phi) is 9.13. The molecule has 2 amide bonds. The number of piperidine rings is 1. The van der Waals surface area contributed by atoms with Gasteiger partial charge in [-0.25, -0.2) is 0 Å². The second kappa shape index (κ2) is 12.7. The average molecular weight is 474 g/mol. The molecule has 4 rings (SSSR count). The third-order valence-electron chi connectivity index (χ3n) is 7.31. The molecular formula is C30H39N3O2. The first-order valence-corrected chi connectivity index (χ1v) is 13.2. The van der Waals surface area contributed by atoms with Crippen LogP contribution in [0.2, 0.25) is 0 Å². The van der Waals surface area contributed by atoms with Crippen molar-refractivity contribution in [3.63, 3.8) is 0 Å². The maximum absolute atomic E-state index is 13.2. The van der Waals surface area contributed by atoms with Crippen molar-refractivity contribution in [2.75, 3.05) is 26.2 Å². The summed E-state index contributed by atoms with van der Waals surface area (Å²) in [5.41, 5.74) is 3.83. The summed E-state index contributed by atoms with van der Waals surface area (Å²) in [5, 5.41) is 6.36. The lowest BCUT2D eigenvalue weighted by molar-refractivity contribution is -0.133. The molecule has 186 valence electrons. The first-order valence-electron chi connectivity index (χ1n) is 13.2. The predicted molar refractivity (Wildman–Crippen MR) is 142 cm³/mol. The van der Waals surface area contributed by atoms with Crippen LogP contribution in [0.5, 0.6) is 0 Å². The Morgan fingerprint density at radius 2 is 1.91 bits per heavy atom. The molecule has 1 atom stereocenters. The van der Waals surface area contributed by atoms with Gasteiger partial charge in [-0.2, -0.15) is 0 Å². The van der Waals surface area contributed by atoms with Crippen molar-refractivity contribution < 1.29 is 9.59 Å². The Bertz CT molecular complexity index is 980. The van der Waals surface area contributed by atoms with E-state index in [9.17, 15) is 9.59 Å². The molecule has 0 spiro atoms. The molecule has 35 heavy (non-hydrogen) atoms. The molecule has 0 bridgehead atoms. The van der Waals surface area contributed by atoms with Crippen LogP contribution < -0.4 is 10.6 Å². The molecule has 1 aromatic rings. The molecule has 0 unspecified atom stereocenters. The van der Waals surface area contributed by atoms with E-state index in [4.69, 9.17) is 0 Å². The second-order valence-corrected chi connectivity index (χ2v) is 9.93. The summed E-state index contributed by atoms with van der Waals surface area (Å²) in [6.07, 6.45) is 17.9. The number of benzene rings is 1. The fraction of sp³-hybridized carbons (Fsp3) is 0.467. The third kappa shape index (κ3) is 7.28. The van der Waals surface area contributed by atoms with Crippen molar-refractivity contribution in [3.8, 4) is 0 Å². The van der Waals surface area contributed by atoms with Crippen LogP contribution in [0.15, 0.2) is 77.9 Å². The Morgan fingerprint density at radius 3 is 2.54 bits per heavy atom. The second-order valence-electron chi connectivity index (χ2n) is 9.93. The van der Waals surface area contributed by atoms with Gasteiger partial charge in [0, 0.05) is 38.6 Å². The molecule has 2 aliphatic heterocycles. The molecule has 2 saturated heterocycles. The number of likely N-dealkylation sites (tertiary alicyclic amines) is 1. The van der Waals surface area contributed by atoms with E-state index >= 15 is 0 Å². The van der Waals surface area contributed by atoms with Gasteiger partial charge in [-0.3, -0.25) is 9.59 Å². The fourth-order valence-corrected chi connectivity index (χ4v) is 4.98. The van der Waals surface area contributed by atoms with Crippen LogP contribution in [-0.2, 0) is 9.59 Å². The molecule has 1 aliphatic carbocycles. The smallest absolute Gasteiger partial charge is 0.225 e. The molecule has 1 aromatic carbocycles. The molecular weight excluding hydrogens is 434 g/mol. The molecule has 3 aliphatic rings. The van der Waals surface area contributed by atoms with Crippen molar-refractivity contribution in [2.45, 2.75) is 57.4 Å². The average Bonchev–Trinajstić information content (AvgIpc) is 2.85. The summed E-state index contributed by atoms with van der Waals surface area (Å²) in [6, 6.07) is 10.4. The summed E-state index contributed by atoms with van der Waals surface area (Å²) in [4.78, 5) is 27.9. The van der Waals surface area contributed by atoms with Gasteiger partial charge in [0.1, 0.15) is 0 Å². The molecule has 0 saturated carbocycles. The molecule has 0 aromatic heterocycles. The summed E-state index contributed by atoms with van der Waals surface area (Å²) < 4.78 is 0. The Balaban J connectivity index is 1.33. The van der Waals surface area contributed by atoms with Crippen LogP contribution in [-0.4, -0.2) is 48.9 Å². The van der Waals surface area contributed by atoms with Gasteiger partial charge in [0.25, 0.3) is 0 Å². The molecule has 5 nitrogen and oxygen atoms in total. The van der Waals surface area contributed by atoms with E-state index < -0.39 is 0 Å². The van der Waals surface area contributed by atoms with Crippen molar-refractivity contribution in [1.82, 2.24) is 15.5 Å². The number of nitrogens with one attached hydrogen (secondary N) is 2. The SMILES string of the molecule is CC/C=C\C=C1\C=CC(C[C@@H](CC(=O)N2CCC(c3ccccc3)CC2)NC(=O)C2CNC2)=CC1. The lowest BCUT2D eigenvalue weighted by Crippen LogP contribution is -2.53. The van der Waals surface area contributed by atoms with Crippen LogP contribution in [0.4, 0.5) is 0 Å². The molecule has 2 N–H and O–H groups in total. The van der Waals surface area contributed by atoms with E-state index in [1.54, 1.807) is 0 Å². The summed E-state index contributed by atoms with van der Waals surface area (Å²) in [6.45, 7) is 5.15. The number of hydrogen-bond donors (Lipinski definition) is 2. The van der Waals surface area contributed by atoms with Gasteiger partial charge in [-0.05, 0) is 54.7 Å². The van der Waals surface area contributed by atoms with Crippen LogP contribution in [0, 0.1) is 5.92 Å². The van der Waals surface area contributed by atoms with Gasteiger partial charge >= 0.3 is 0 Å². The molecule has 2 heterocycles. The lowest BCUT2D eigenvalue weighted by atomic mass is 9.89. The van der Waals surface area contributed by atoms with Crippen LogP contribution in [0.1, 0.15) is 56.9 Å². The number of allylic oxidation sites excluding steroid dienone is 7. The largest absolute Gasteiger partial charge is 0.352 e. The lowest BCUT2D eigenvalue weighted by Gasteiger charge is -2.34. The van der Waals surface area contributed by atoms with Crippen molar-refractivity contribution >= 4 is 11.8 Å². The standard InChI is InChI=1S/C30H39N3O2/c1-2-3-5-8-23-11-13-24(14-12-23)19-28(32-30(35)27-21-31-22-27)20-29(34)33-17-15-26(16-18-33)25-9-6-4-7-10-25/h3-11,13-14,26-28,31H,2,12,15-22H2,1H3,(H,32,35)/b5-3-,23-8-/t28-/m0/s1. The molecule has 5 heteroatoms. The minimum atomic E-state index is -0.177. The minimum absolute atomic E-state index is 0.0185. The Labute approximate surface area is 210 Å². The maximum Gasteiger partial charge on any atom is 0.225 e. The predicted octanol–water partition coefficient (Wildman–Crippen LogP) is 4.66.